The van der Waals surface area contributed by atoms with Crippen LogP contribution in [0.25, 0.3) is 0 Å². The molecule has 0 saturated carbocycles. The van der Waals surface area contributed by atoms with E-state index in [4.69, 9.17) is 9.05 Å². The van der Waals surface area contributed by atoms with Gasteiger partial charge >= 0.3 is 7.82 Å². The number of hydrogen-bond donors (Lipinski definition) is 3. The minimum Gasteiger partial charge on any atom is -0.391 e. The van der Waals surface area contributed by atoms with E-state index in [0.29, 0.717) is 23.9 Å². The summed E-state index contributed by atoms with van der Waals surface area (Å²) in [7, 11) is 1.64. The number of nitrogens with zero attached hydrogens (tertiary/aromatic N) is 1. The molecule has 8 nitrogen and oxygen atoms in total. The first-order valence-electron chi connectivity index (χ1n) is 33.9. The number of quaternary nitrogens is 1. The van der Waals surface area contributed by atoms with Crippen LogP contribution in [0, 0.1) is 0 Å². The van der Waals surface area contributed by atoms with Gasteiger partial charge < -0.3 is 19.8 Å². The van der Waals surface area contributed by atoms with E-state index in [1.54, 1.807) is 0 Å². The largest absolute Gasteiger partial charge is 0.472 e. The third-order valence-electron chi connectivity index (χ3n) is 16.1. The van der Waals surface area contributed by atoms with Gasteiger partial charge in [-0.3, -0.25) is 13.8 Å². The Kier molecular flexibility index (Phi) is 57.8. The van der Waals surface area contributed by atoms with E-state index in [1.807, 2.05) is 21.1 Å². The lowest BCUT2D eigenvalue weighted by Gasteiger charge is -2.26. The Hall–Kier alpha value is -0.500. The summed E-state index contributed by atoms with van der Waals surface area (Å²) in [6.07, 6.45) is 72.1. The van der Waals surface area contributed by atoms with Crippen molar-refractivity contribution in [3.05, 3.63) is 0 Å². The number of unbranched alkanes of at least 4 members (excludes halogenated alkanes) is 51. The van der Waals surface area contributed by atoms with Crippen LogP contribution in [0.2, 0.25) is 0 Å². The van der Waals surface area contributed by atoms with Crippen LogP contribution in [0.1, 0.15) is 367 Å². The molecule has 0 heterocycles. The second-order valence-electron chi connectivity index (χ2n) is 24.9. The Bertz CT molecular complexity index is 1180. The number of aliphatic hydroxyl groups excluding tert-OH is 1. The van der Waals surface area contributed by atoms with Gasteiger partial charge in [-0.1, -0.05) is 348 Å². The van der Waals surface area contributed by atoms with E-state index in [9.17, 15) is 19.4 Å². The summed E-state index contributed by atoms with van der Waals surface area (Å²) >= 11 is 0. The molecule has 0 fully saturated rings. The zero-order valence-corrected chi connectivity index (χ0v) is 52.5. The number of carbonyl (C=O) groups is 1. The van der Waals surface area contributed by atoms with Crippen LogP contribution in [0.3, 0.4) is 0 Å². The number of rotatable bonds is 64. The van der Waals surface area contributed by atoms with Crippen LogP contribution in [-0.2, 0) is 18.4 Å². The molecular weight excluding hydrogens is 948 g/mol. The fourth-order valence-corrected chi connectivity index (χ4v) is 11.6. The Morgan fingerprint density at radius 1 is 0.400 bits per heavy atom. The van der Waals surface area contributed by atoms with Crippen LogP contribution < -0.4 is 5.32 Å². The average molecular weight is 1080 g/mol. The lowest BCUT2D eigenvalue weighted by atomic mass is 10.0. The predicted molar refractivity (Wildman–Crippen MR) is 328 cm³/mol. The molecule has 0 aromatic heterocycles. The summed E-state index contributed by atoms with van der Waals surface area (Å²) in [5.41, 5.74) is 0. The van der Waals surface area contributed by atoms with Gasteiger partial charge in [0.05, 0.1) is 39.9 Å². The molecule has 3 N–H and O–H groups in total. The molecule has 75 heavy (non-hydrogen) atoms. The Labute approximate surface area is 470 Å². The monoisotopic (exact) mass is 1080 g/mol. The highest BCUT2D eigenvalue weighted by atomic mass is 31.2. The smallest absolute Gasteiger partial charge is 0.391 e. The highest BCUT2D eigenvalue weighted by Gasteiger charge is 2.28. The maximum absolute atomic E-state index is 13.0. The Morgan fingerprint density at radius 3 is 0.893 bits per heavy atom. The minimum absolute atomic E-state index is 0.0793. The number of carbonyl (C=O) groups excluding carboxylic acids is 1. The fourth-order valence-electron chi connectivity index (χ4n) is 10.8. The standard InChI is InChI=1S/C66H135N2O6P/c1-6-8-10-12-14-16-18-20-22-24-26-27-28-29-30-31-32-33-34-35-36-37-38-39-40-41-42-44-46-48-50-52-54-56-58-60-66(70)67-64(63-74-75(71,72)73-62-61-68(3,4)5)65(69)59-57-55-53-51-49-47-45-43-25-23-21-19-17-15-13-11-9-7-2/h64-65,69H,6-63H2,1-5H3,(H-,67,70,71,72)/p+1. The number of likely N-dealkylation sites (N-methyl/N-ethyl adjacent to an activating group) is 1. The third kappa shape index (κ3) is 61.0. The maximum atomic E-state index is 13.0. The van der Waals surface area contributed by atoms with Crippen molar-refractivity contribution in [1.82, 2.24) is 5.32 Å². The number of amides is 1. The lowest BCUT2D eigenvalue weighted by Crippen LogP contribution is -2.46. The van der Waals surface area contributed by atoms with Gasteiger partial charge in [0.1, 0.15) is 13.2 Å². The molecule has 3 atom stereocenters. The van der Waals surface area contributed by atoms with Gasteiger partial charge in [0.2, 0.25) is 5.91 Å². The van der Waals surface area contributed by atoms with E-state index >= 15 is 0 Å². The molecule has 0 aromatic carbocycles. The quantitative estimate of drug-likeness (QED) is 0.0318. The van der Waals surface area contributed by atoms with E-state index in [-0.39, 0.29) is 19.1 Å². The molecular formula is C66H136N2O6P+. The number of nitrogens with one attached hydrogen (secondary N) is 1. The summed E-state index contributed by atoms with van der Waals surface area (Å²) < 4.78 is 23.8. The molecule has 0 aliphatic rings. The van der Waals surface area contributed by atoms with Crippen molar-refractivity contribution in [1.29, 1.82) is 0 Å². The summed E-state index contributed by atoms with van der Waals surface area (Å²) in [6.45, 7) is 4.96. The zero-order chi connectivity index (χ0) is 54.9. The first-order valence-corrected chi connectivity index (χ1v) is 35.4. The molecule has 0 spiro atoms. The maximum Gasteiger partial charge on any atom is 0.472 e. The summed E-state index contributed by atoms with van der Waals surface area (Å²) in [4.78, 5) is 23.4. The molecule has 1 amide bonds. The van der Waals surface area contributed by atoms with E-state index in [1.165, 1.54) is 302 Å². The van der Waals surface area contributed by atoms with Crippen LogP contribution in [-0.4, -0.2) is 73.4 Å². The third-order valence-corrected chi connectivity index (χ3v) is 17.1. The van der Waals surface area contributed by atoms with Gasteiger partial charge in [-0.25, -0.2) is 4.57 Å². The van der Waals surface area contributed by atoms with Crippen LogP contribution >= 0.6 is 7.82 Å². The summed E-state index contributed by atoms with van der Waals surface area (Å²) in [6, 6.07) is -0.756. The van der Waals surface area contributed by atoms with Crippen molar-refractivity contribution in [2.45, 2.75) is 379 Å². The zero-order valence-electron chi connectivity index (χ0n) is 51.6. The van der Waals surface area contributed by atoms with Crippen molar-refractivity contribution in [3.8, 4) is 0 Å². The number of hydrogen-bond acceptors (Lipinski definition) is 5. The normalized spacial score (nSPS) is 13.6. The molecule has 0 radical (unpaired) electrons. The van der Waals surface area contributed by atoms with E-state index in [2.05, 4.69) is 19.2 Å². The highest BCUT2D eigenvalue weighted by Crippen LogP contribution is 2.43. The van der Waals surface area contributed by atoms with Crippen LogP contribution in [0.4, 0.5) is 0 Å². The highest BCUT2D eigenvalue weighted by molar-refractivity contribution is 7.47. The minimum atomic E-state index is -4.32. The van der Waals surface area contributed by atoms with Gasteiger partial charge in [-0.05, 0) is 12.8 Å². The number of aliphatic hydroxyl groups is 1. The molecule has 0 aliphatic heterocycles. The summed E-state index contributed by atoms with van der Waals surface area (Å²) in [5, 5.41) is 14.1. The first kappa shape index (κ1) is 74.5. The Balaban J connectivity index is 3.91. The fraction of sp³-hybridized carbons (Fsp3) is 0.985. The van der Waals surface area contributed by atoms with Gasteiger partial charge in [0.25, 0.3) is 0 Å². The second kappa shape index (κ2) is 58.2. The van der Waals surface area contributed by atoms with Crippen molar-refractivity contribution < 1.29 is 32.9 Å². The van der Waals surface area contributed by atoms with Crippen molar-refractivity contribution in [2.75, 3.05) is 40.9 Å². The SMILES string of the molecule is CCCCCCCCCCCCCCCCCCCCCCCCCCCCCCCCCCCCCC(=O)NC(COP(=O)(O)OCC[N+](C)(C)C)C(O)CCCCCCCCCCCCCCCCCCCC. The molecule has 0 bridgehead atoms. The van der Waals surface area contributed by atoms with Gasteiger partial charge in [-0.15, -0.1) is 0 Å². The number of phosphoric ester groups is 1. The van der Waals surface area contributed by atoms with Crippen LogP contribution in [0.5, 0.6) is 0 Å². The van der Waals surface area contributed by atoms with E-state index < -0.39 is 20.0 Å². The van der Waals surface area contributed by atoms with Gasteiger partial charge in [0, 0.05) is 6.42 Å². The predicted octanol–water partition coefficient (Wildman–Crippen LogP) is 21.2. The van der Waals surface area contributed by atoms with Crippen LogP contribution in [0.15, 0.2) is 0 Å². The molecule has 0 saturated heterocycles. The lowest BCUT2D eigenvalue weighted by molar-refractivity contribution is -0.870. The molecule has 9 heteroatoms. The van der Waals surface area contributed by atoms with Crippen molar-refractivity contribution >= 4 is 13.7 Å². The Morgan fingerprint density at radius 2 is 0.640 bits per heavy atom. The molecule has 0 aliphatic carbocycles. The van der Waals surface area contributed by atoms with Crippen molar-refractivity contribution in [3.63, 3.8) is 0 Å². The second-order valence-corrected chi connectivity index (χ2v) is 26.4. The average Bonchev–Trinajstić information content (AvgIpc) is 3.37. The van der Waals surface area contributed by atoms with Gasteiger partial charge in [0.15, 0.2) is 0 Å². The van der Waals surface area contributed by atoms with Crippen molar-refractivity contribution in [2.24, 2.45) is 0 Å². The molecule has 0 rings (SSSR count). The number of phosphoric acid groups is 1. The van der Waals surface area contributed by atoms with Gasteiger partial charge in [-0.2, -0.15) is 0 Å². The van der Waals surface area contributed by atoms with E-state index in [0.717, 1.165) is 38.5 Å². The first-order chi connectivity index (χ1) is 36.5. The molecule has 0 aromatic rings. The molecule has 3 unspecified atom stereocenters. The summed E-state index contributed by atoms with van der Waals surface area (Å²) in [5.74, 6) is -0.134. The molecule has 450 valence electrons. The topological polar surface area (TPSA) is 105 Å².